The van der Waals surface area contributed by atoms with Gasteiger partial charge in [0.15, 0.2) is 0 Å². The largest absolute Gasteiger partial charge is 0.498 e. The summed E-state index contributed by atoms with van der Waals surface area (Å²) >= 11 is 0. The maximum atomic E-state index is 9.15. The third kappa shape index (κ3) is 2.11. The van der Waals surface area contributed by atoms with E-state index in [2.05, 4.69) is 0 Å². The predicted octanol–water partition coefficient (Wildman–Crippen LogP) is -0.397. The van der Waals surface area contributed by atoms with E-state index in [-0.39, 0.29) is 31.2 Å². The van der Waals surface area contributed by atoms with Crippen LogP contribution in [0.25, 0.3) is 0 Å². The van der Waals surface area contributed by atoms with Gasteiger partial charge >= 0.3 is 7.12 Å². The molecule has 3 N–H and O–H groups in total. The summed E-state index contributed by atoms with van der Waals surface area (Å²) in [6.45, 7) is 0.656. The number of hydrogen-bond acceptors (Lipinski definition) is 5. The highest BCUT2D eigenvalue weighted by Crippen LogP contribution is 2.30. The Kier molecular flexibility index (Phi) is 4.14. The minimum Gasteiger partial charge on any atom is -0.486 e. The number of halogens is 1. The average Bonchev–Trinajstić information content (AvgIpc) is 2.62. The van der Waals surface area contributed by atoms with Gasteiger partial charge in [0.2, 0.25) is 0 Å². The molecule has 0 saturated carbocycles. The van der Waals surface area contributed by atoms with Crippen LogP contribution in [0.1, 0.15) is 11.7 Å². The highest BCUT2D eigenvalue weighted by Gasteiger charge is 2.42. The molecule has 0 radical (unpaired) electrons. The number of hydrogen-bond donors (Lipinski definition) is 2. The maximum absolute atomic E-state index is 9.15. The number of aliphatic hydroxyl groups is 1. The van der Waals surface area contributed by atoms with E-state index in [0.717, 1.165) is 16.8 Å². The van der Waals surface area contributed by atoms with Crippen LogP contribution in [0.5, 0.6) is 5.75 Å². The van der Waals surface area contributed by atoms with Crippen LogP contribution >= 0.6 is 12.4 Å². The molecule has 2 aliphatic heterocycles. The SMILES string of the molecule is Cl.NCC1OB2OCC(CO)Oc3cccc1c32. The minimum atomic E-state index is -0.425. The summed E-state index contributed by atoms with van der Waals surface area (Å²) < 4.78 is 17.0. The van der Waals surface area contributed by atoms with Crippen LogP contribution in [-0.2, 0) is 9.31 Å². The molecular weight excluding hydrogens is 256 g/mol. The molecule has 5 nitrogen and oxygen atoms in total. The van der Waals surface area contributed by atoms with Crippen LogP contribution in [0.3, 0.4) is 0 Å². The van der Waals surface area contributed by atoms with Gasteiger partial charge in [0.25, 0.3) is 0 Å². The monoisotopic (exact) mass is 271 g/mol. The molecule has 3 rings (SSSR count). The first kappa shape index (κ1) is 13.6. The first-order valence-electron chi connectivity index (χ1n) is 5.71. The van der Waals surface area contributed by atoms with Gasteiger partial charge in [-0.2, -0.15) is 0 Å². The Morgan fingerprint density at radius 3 is 3.00 bits per heavy atom. The van der Waals surface area contributed by atoms with Crippen molar-refractivity contribution in [1.82, 2.24) is 0 Å². The molecule has 0 aromatic heterocycles. The van der Waals surface area contributed by atoms with E-state index < -0.39 is 7.12 Å². The molecule has 0 fully saturated rings. The van der Waals surface area contributed by atoms with Gasteiger partial charge in [-0.15, -0.1) is 12.4 Å². The number of rotatable bonds is 2. The molecule has 98 valence electrons. The Hall–Kier alpha value is -0.785. The molecule has 0 saturated heterocycles. The van der Waals surface area contributed by atoms with Crippen LogP contribution in [0.4, 0.5) is 0 Å². The second-order valence-corrected chi connectivity index (χ2v) is 4.21. The van der Waals surface area contributed by atoms with Crippen molar-refractivity contribution in [2.24, 2.45) is 5.73 Å². The zero-order valence-corrected chi connectivity index (χ0v) is 10.6. The van der Waals surface area contributed by atoms with Crippen molar-refractivity contribution >= 4 is 25.0 Å². The highest BCUT2D eigenvalue weighted by molar-refractivity contribution is 6.64. The van der Waals surface area contributed by atoms with Crippen molar-refractivity contribution in [3.8, 4) is 5.75 Å². The fourth-order valence-corrected chi connectivity index (χ4v) is 2.29. The lowest BCUT2D eigenvalue weighted by atomic mass is 9.78. The normalized spacial score (nSPS) is 24.9. The van der Waals surface area contributed by atoms with E-state index in [9.17, 15) is 0 Å². The molecule has 7 heteroatoms. The Balaban J connectivity index is 0.00000120. The predicted molar refractivity (Wildman–Crippen MR) is 69.4 cm³/mol. The first-order valence-corrected chi connectivity index (χ1v) is 5.71. The van der Waals surface area contributed by atoms with Gasteiger partial charge in [-0.05, 0) is 11.6 Å². The summed E-state index contributed by atoms with van der Waals surface area (Å²) in [5.41, 5.74) is 7.60. The van der Waals surface area contributed by atoms with Gasteiger partial charge in [-0.3, -0.25) is 0 Å². The van der Waals surface area contributed by atoms with Gasteiger partial charge in [-0.1, -0.05) is 12.1 Å². The Morgan fingerprint density at radius 1 is 1.44 bits per heavy atom. The lowest BCUT2D eigenvalue weighted by molar-refractivity contribution is 0.0630. The molecule has 2 heterocycles. The van der Waals surface area contributed by atoms with Crippen molar-refractivity contribution < 1.29 is 19.2 Å². The summed E-state index contributed by atoms with van der Waals surface area (Å²) in [5, 5.41) is 9.15. The van der Waals surface area contributed by atoms with Gasteiger partial charge in [0.1, 0.15) is 11.9 Å². The van der Waals surface area contributed by atoms with Crippen LogP contribution < -0.4 is 15.9 Å². The van der Waals surface area contributed by atoms with E-state index in [1.165, 1.54) is 0 Å². The molecule has 0 aliphatic carbocycles. The standard InChI is InChI=1S/C11H14BNO4.ClH/c13-4-10-8-2-1-3-9-11(8)12(17-10)15-6-7(5-14)16-9;/h1-3,7,10,14H,4-6,13H2;1H. The fraction of sp³-hybridized carbons (Fsp3) is 0.455. The van der Waals surface area contributed by atoms with Crippen LogP contribution in [0.2, 0.25) is 0 Å². The average molecular weight is 272 g/mol. The summed E-state index contributed by atoms with van der Waals surface area (Å²) in [6.07, 6.45) is -0.476. The van der Waals surface area contributed by atoms with Gasteiger partial charge < -0.3 is 24.9 Å². The van der Waals surface area contributed by atoms with Crippen LogP contribution in [-0.4, -0.2) is 38.1 Å². The zero-order chi connectivity index (χ0) is 11.8. The van der Waals surface area contributed by atoms with E-state index in [4.69, 9.17) is 24.9 Å². The second kappa shape index (κ2) is 5.46. The number of ether oxygens (including phenoxy) is 1. The van der Waals surface area contributed by atoms with Crippen LogP contribution in [0.15, 0.2) is 18.2 Å². The molecule has 2 aliphatic rings. The molecule has 0 bridgehead atoms. The summed E-state index contributed by atoms with van der Waals surface area (Å²) in [7, 11) is -0.425. The Bertz CT molecular complexity index is 434. The van der Waals surface area contributed by atoms with Gasteiger partial charge in [-0.25, -0.2) is 0 Å². The van der Waals surface area contributed by atoms with Gasteiger partial charge in [0, 0.05) is 12.0 Å². The maximum Gasteiger partial charge on any atom is 0.498 e. The number of benzene rings is 1. The molecule has 2 unspecified atom stereocenters. The smallest absolute Gasteiger partial charge is 0.486 e. The molecule has 2 atom stereocenters. The van der Waals surface area contributed by atoms with Gasteiger partial charge in [0.05, 0.1) is 19.3 Å². The minimum absolute atomic E-state index is 0. The lowest BCUT2D eigenvalue weighted by Crippen LogP contribution is -2.32. The number of aliphatic hydroxyl groups excluding tert-OH is 1. The van der Waals surface area contributed by atoms with E-state index >= 15 is 0 Å². The highest BCUT2D eigenvalue weighted by atomic mass is 35.5. The van der Waals surface area contributed by atoms with Crippen LogP contribution in [0, 0.1) is 0 Å². The second-order valence-electron chi connectivity index (χ2n) is 4.21. The quantitative estimate of drug-likeness (QED) is 0.716. The lowest BCUT2D eigenvalue weighted by Gasteiger charge is -2.16. The summed E-state index contributed by atoms with van der Waals surface area (Å²) in [4.78, 5) is 0. The summed E-state index contributed by atoms with van der Waals surface area (Å²) in [5.74, 6) is 0.722. The molecule has 0 spiro atoms. The van der Waals surface area contributed by atoms with Crippen molar-refractivity contribution in [2.45, 2.75) is 12.2 Å². The zero-order valence-electron chi connectivity index (χ0n) is 9.74. The molecule has 1 aromatic carbocycles. The van der Waals surface area contributed by atoms with Crippen molar-refractivity contribution in [1.29, 1.82) is 0 Å². The van der Waals surface area contributed by atoms with Crippen molar-refractivity contribution in [3.63, 3.8) is 0 Å². The molecule has 18 heavy (non-hydrogen) atoms. The third-order valence-electron chi connectivity index (χ3n) is 3.12. The molecular formula is C11H15BClNO4. The molecule has 0 amide bonds. The summed E-state index contributed by atoms with van der Waals surface area (Å²) in [6, 6.07) is 5.75. The van der Waals surface area contributed by atoms with Crippen molar-refractivity contribution in [3.05, 3.63) is 23.8 Å². The first-order chi connectivity index (χ1) is 8.33. The topological polar surface area (TPSA) is 73.9 Å². The fourth-order valence-electron chi connectivity index (χ4n) is 2.29. The number of nitrogens with two attached hydrogens (primary N) is 1. The van der Waals surface area contributed by atoms with E-state index in [0.29, 0.717) is 13.2 Å². The Morgan fingerprint density at radius 2 is 2.28 bits per heavy atom. The van der Waals surface area contributed by atoms with E-state index in [1.807, 2.05) is 18.2 Å². The molecule has 1 aromatic rings. The Labute approximate surface area is 112 Å². The third-order valence-corrected chi connectivity index (χ3v) is 3.12. The van der Waals surface area contributed by atoms with E-state index in [1.54, 1.807) is 0 Å². The van der Waals surface area contributed by atoms with Crippen molar-refractivity contribution in [2.75, 3.05) is 19.8 Å².